The van der Waals surface area contributed by atoms with E-state index in [4.69, 9.17) is 4.74 Å². The molecule has 0 bridgehead atoms. The molecule has 0 radical (unpaired) electrons. The van der Waals surface area contributed by atoms with Crippen LogP contribution in [-0.2, 0) is 9.53 Å². The van der Waals surface area contributed by atoms with E-state index in [1.165, 1.54) is 26.2 Å². The van der Waals surface area contributed by atoms with Crippen LogP contribution in [0.3, 0.4) is 0 Å². The lowest BCUT2D eigenvalue weighted by molar-refractivity contribution is -0.144. The fourth-order valence-corrected chi connectivity index (χ4v) is 1.72. The molecule has 0 aromatic rings. The van der Waals surface area contributed by atoms with Crippen molar-refractivity contribution in [2.75, 3.05) is 0 Å². The zero-order valence-electron chi connectivity index (χ0n) is 8.96. The predicted octanol–water partition coefficient (Wildman–Crippen LogP) is 3.84. The summed E-state index contributed by atoms with van der Waals surface area (Å²) in [6, 6.07) is 0. The Morgan fingerprint density at radius 2 is 2.14 bits per heavy atom. The van der Waals surface area contributed by atoms with Crippen molar-refractivity contribution in [1.29, 1.82) is 0 Å². The standard InChI is InChI=1S/C11H19IO2/c1-3-4-5-6-7-11(8-9-12)14-10(2)13/h8-9,11H,3-7H2,1-2H3/b9-8+. The molecule has 0 saturated carbocycles. The van der Waals surface area contributed by atoms with Crippen LogP contribution in [0.2, 0.25) is 0 Å². The first kappa shape index (κ1) is 13.9. The maximum atomic E-state index is 10.8. The van der Waals surface area contributed by atoms with Crippen LogP contribution in [0.1, 0.15) is 46.0 Å². The summed E-state index contributed by atoms with van der Waals surface area (Å²) >= 11 is 2.15. The van der Waals surface area contributed by atoms with Gasteiger partial charge in [0, 0.05) is 6.92 Å². The van der Waals surface area contributed by atoms with Crippen molar-refractivity contribution in [1.82, 2.24) is 0 Å². The molecule has 3 heteroatoms. The van der Waals surface area contributed by atoms with Crippen LogP contribution in [0, 0.1) is 0 Å². The second-order valence-electron chi connectivity index (χ2n) is 3.32. The first-order valence-electron chi connectivity index (χ1n) is 5.14. The number of hydrogen-bond acceptors (Lipinski definition) is 2. The second-order valence-corrected chi connectivity index (χ2v) is 4.03. The molecule has 2 nitrogen and oxygen atoms in total. The quantitative estimate of drug-likeness (QED) is 0.406. The van der Waals surface area contributed by atoms with Crippen LogP contribution in [0.15, 0.2) is 10.2 Å². The summed E-state index contributed by atoms with van der Waals surface area (Å²) in [6.07, 6.45) is 7.71. The molecule has 1 unspecified atom stereocenters. The van der Waals surface area contributed by atoms with Crippen molar-refractivity contribution in [3.05, 3.63) is 10.2 Å². The van der Waals surface area contributed by atoms with Crippen molar-refractivity contribution in [2.45, 2.75) is 52.1 Å². The minimum Gasteiger partial charge on any atom is -0.458 e. The van der Waals surface area contributed by atoms with Crippen LogP contribution in [0.4, 0.5) is 0 Å². The van der Waals surface area contributed by atoms with Crippen molar-refractivity contribution >= 4 is 28.6 Å². The van der Waals surface area contributed by atoms with E-state index in [9.17, 15) is 4.79 Å². The summed E-state index contributed by atoms with van der Waals surface area (Å²) in [5.41, 5.74) is 0. The van der Waals surface area contributed by atoms with Gasteiger partial charge >= 0.3 is 5.97 Å². The monoisotopic (exact) mass is 310 g/mol. The van der Waals surface area contributed by atoms with Gasteiger partial charge in [-0.15, -0.1) is 0 Å². The molecule has 0 N–H and O–H groups in total. The van der Waals surface area contributed by atoms with Crippen LogP contribution >= 0.6 is 22.6 Å². The molecule has 0 aliphatic carbocycles. The summed E-state index contributed by atoms with van der Waals surface area (Å²) in [6.45, 7) is 3.65. The molecule has 0 aromatic heterocycles. The number of ether oxygens (including phenoxy) is 1. The topological polar surface area (TPSA) is 26.3 Å². The van der Waals surface area contributed by atoms with Crippen LogP contribution in [0.5, 0.6) is 0 Å². The molecule has 0 spiro atoms. The van der Waals surface area contributed by atoms with Crippen LogP contribution < -0.4 is 0 Å². The van der Waals surface area contributed by atoms with Gasteiger partial charge in [0.2, 0.25) is 0 Å². The summed E-state index contributed by atoms with van der Waals surface area (Å²) in [5.74, 6) is -0.194. The molecular formula is C11H19IO2. The summed E-state index contributed by atoms with van der Waals surface area (Å²) in [4.78, 5) is 10.8. The van der Waals surface area contributed by atoms with E-state index in [-0.39, 0.29) is 12.1 Å². The Morgan fingerprint density at radius 3 is 2.64 bits per heavy atom. The lowest BCUT2D eigenvalue weighted by Crippen LogP contribution is -2.13. The molecule has 82 valence electrons. The maximum Gasteiger partial charge on any atom is 0.303 e. The Labute approximate surface area is 100 Å². The lowest BCUT2D eigenvalue weighted by atomic mass is 10.1. The minimum absolute atomic E-state index is 0.0266. The van der Waals surface area contributed by atoms with Crippen molar-refractivity contribution < 1.29 is 9.53 Å². The molecule has 0 heterocycles. The molecule has 14 heavy (non-hydrogen) atoms. The van der Waals surface area contributed by atoms with Gasteiger partial charge in [0.1, 0.15) is 6.10 Å². The van der Waals surface area contributed by atoms with Crippen molar-refractivity contribution in [3.8, 4) is 0 Å². The summed E-state index contributed by atoms with van der Waals surface area (Å²) in [7, 11) is 0. The van der Waals surface area contributed by atoms with Gasteiger partial charge in [-0.05, 0) is 23.0 Å². The smallest absolute Gasteiger partial charge is 0.303 e. The highest BCUT2D eigenvalue weighted by Gasteiger charge is 2.06. The average Bonchev–Trinajstić information content (AvgIpc) is 2.12. The molecular weight excluding hydrogens is 291 g/mol. The third-order valence-electron chi connectivity index (χ3n) is 1.95. The highest BCUT2D eigenvalue weighted by molar-refractivity contribution is 14.1. The van der Waals surface area contributed by atoms with E-state index < -0.39 is 0 Å². The van der Waals surface area contributed by atoms with Crippen LogP contribution in [-0.4, -0.2) is 12.1 Å². The van der Waals surface area contributed by atoms with Gasteiger partial charge in [0.05, 0.1) is 0 Å². The molecule has 0 fully saturated rings. The molecule has 0 aliphatic heterocycles. The average molecular weight is 310 g/mol. The van der Waals surface area contributed by atoms with E-state index in [0.29, 0.717) is 0 Å². The van der Waals surface area contributed by atoms with E-state index in [1.54, 1.807) is 0 Å². The zero-order chi connectivity index (χ0) is 10.8. The van der Waals surface area contributed by atoms with Crippen LogP contribution in [0.25, 0.3) is 0 Å². The van der Waals surface area contributed by atoms with Gasteiger partial charge in [-0.25, -0.2) is 0 Å². The second kappa shape index (κ2) is 9.49. The van der Waals surface area contributed by atoms with Gasteiger partial charge in [-0.1, -0.05) is 48.8 Å². The van der Waals surface area contributed by atoms with Gasteiger partial charge in [-0.3, -0.25) is 4.79 Å². The Hall–Kier alpha value is -0.0600. The third-order valence-corrected chi connectivity index (χ3v) is 2.36. The Kier molecular flexibility index (Phi) is 9.45. The first-order valence-corrected chi connectivity index (χ1v) is 6.39. The van der Waals surface area contributed by atoms with Gasteiger partial charge < -0.3 is 4.74 Å². The number of carbonyl (C=O) groups excluding carboxylic acids is 1. The highest BCUT2D eigenvalue weighted by Crippen LogP contribution is 2.10. The fourth-order valence-electron chi connectivity index (χ4n) is 1.26. The van der Waals surface area contributed by atoms with E-state index in [1.807, 2.05) is 10.2 Å². The predicted molar refractivity (Wildman–Crippen MR) is 67.5 cm³/mol. The van der Waals surface area contributed by atoms with Crippen molar-refractivity contribution in [2.24, 2.45) is 0 Å². The minimum atomic E-state index is -0.194. The highest BCUT2D eigenvalue weighted by atomic mass is 127. The Balaban J connectivity index is 3.67. The number of halogens is 1. The van der Waals surface area contributed by atoms with E-state index in [0.717, 1.165) is 12.8 Å². The molecule has 0 saturated heterocycles. The van der Waals surface area contributed by atoms with E-state index >= 15 is 0 Å². The summed E-state index contributed by atoms with van der Waals surface area (Å²) < 4.78 is 7.05. The number of esters is 1. The first-order chi connectivity index (χ1) is 6.70. The zero-order valence-corrected chi connectivity index (χ0v) is 11.1. The normalized spacial score (nSPS) is 13.1. The molecule has 1 atom stereocenters. The van der Waals surface area contributed by atoms with Crippen molar-refractivity contribution in [3.63, 3.8) is 0 Å². The van der Waals surface area contributed by atoms with E-state index in [2.05, 4.69) is 29.5 Å². The third kappa shape index (κ3) is 8.53. The Morgan fingerprint density at radius 1 is 1.43 bits per heavy atom. The van der Waals surface area contributed by atoms with Gasteiger partial charge in [0.15, 0.2) is 0 Å². The number of rotatable bonds is 7. The molecule has 0 aromatic carbocycles. The summed E-state index contributed by atoms with van der Waals surface area (Å²) in [5, 5.41) is 0. The lowest BCUT2D eigenvalue weighted by Gasteiger charge is -2.12. The number of carbonyl (C=O) groups is 1. The number of hydrogen-bond donors (Lipinski definition) is 0. The van der Waals surface area contributed by atoms with Gasteiger partial charge in [-0.2, -0.15) is 0 Å². The largest absolute Gasteiger partial charge is 0.458 e. The SMILES string of the molecule is CCCCCCC(/C=C/I)OC(C)=O. The molecule has 0 aliphatic rings. The fraction of sp³-hybridized carbons (Fsp3) is 0.727. The maximum absolute atomic E-state index is 10.8. The van der Waals surface area contributed by atoms with Gasteiger partial charge in [0.25, 0.3) is 0 Å². The Bertz CT molecular complexity index is 178. The molecule has 0 rings (SSSR count). The number of unbranched alkanes of at least 4 members (excludes halogenated alkanes) is 3. The molecule has 0 amide bonds.